The minimum atomic E-state index is -1.09. The predicted molar refractivity (Wildman–Crippen MR) is 55.6 cm³/mol. The third-order valence-electron chi connectivity index (χ3n) is 1.76. The number of amides is 2. The average molecular weight is 208 g/mol. The van der Waals surface area contributed by atoms with Gasteiger partial charge in [0.2, 0.25) is 5.91 Å². The molecule has 5 heteroatoms. The second-order valence-corrected chi connectivity index (χ2v) is 3.00. The van der Waals surface area contributed by atoms with E-state index in [0.29, 0.717) is 5.69 Å². The van der Waals surface area contributed by atoms with Crippen LogP contribution in [-0.2, 0) is 11.3 Å². The maximum atomic E-state index is 10.9. The van der Waals surface area contributed by atoms with Crippen molar-refractivity contribution in [1.29, 1.82) is 0 Å². The van der Waals surface area contributed by atoms with Crippen LogP contribution in [0.4, 0.5) is 10.5 Å². The summed E-state index contributed by atoms with van der Waals surface area (Å²) in [6.07, 6.45) is -1.09. The van der Waals surface area contributed by atoms with Crippen LogP contribution in [0.25, 0.3) is 0 Å². The number of para-hydroxylation sites is 1. The summed E-state index contributed by atoms with van der Waals surface area (Å²) in [7, 11) is 0. The summed E-state index contributed by atoms with van der Waals surface area (Å²) in [6.45, 7) is 1.58. The highest BCUT2D eigenvalue weighted by Gasteiger charge is 2.03. The molecule has 0 aliphatic carbocycles. The van der Waals surface area contributed by atoms with Gasteiger partial charge in [0.15, 0.2) is 0 Å². The highest BCUT2D eigenvalue weighted by Crippen LogP contribution is 2.14. The number of nitrogens with one attached hydrogen (secondary N) is 2. The quantitative estimate of drug-likeness (QED) is 0.702. The largest absolute Gasteiger partial charge is 0.465 e. The average Bonchev–Trinajstić information content (AvgIpc) is 2.15. The first kappa shape index (κ1) is 11.0. The van der Waals surface area contributed by atoms with Crippen LogP contribution >= 0.6 is 0 Å². The van der Waals surface area contributed by atoms with Gasteiger partial charge >= 0.3 is 6.09 Å². The topological polar surface area (TPSA) is 78.4 Å². The van der Waals surface area contributed by atoms with Crippen molar-refractivity contribution in [1.82, 2.24) is 5.32 Å². The molecule has 2 amide bonds. The molecule has 0 unspecified atom stereocenters. The van der Waals surface area contributed by atoms with Crippen molar-refractivity contribution in [2.24, 2.45) is 0 Å². The van der Waals surface area contributed by atoms with Crippen molar-refractivity contribution in [3.63, 3.8) is 0 Å². The molecule has 0 heterocycles. The van der Waals surface area contributed by atoms with E-state index in [9.17, 15) is 9.59 Å². The molecule has 1 aromatic carbocycles. The van der Waals surface area contributed by atoms with E-state index in [1.165, 1.54) is 6.92 Å². The molecule has 0 bridgehead atoms. The van der Waals surface area contributed by atoms with Gasteiger partial charge in [-0.1, -0.05) is 18.2 Å². The lowest BCUT2D eigenvalue weighted by Crippen LogP contribution is -2.21. The molecule has 1 aromatic rings. The van der Waals surface area contributed by atoms with Crippen LogP contribution in [0.15, 0.2) is 24.3 Å². The molecule has 0 saturated heterocycles. The third-order valence-corrected chi connectivity index (χ3v) is 1.76. The second kappa shape index (κ2) is 4.99. The zero-order valence-electron chi connectivity index (χ0n) is 8.28. The molecule has 80 valence electrons. The first-order chi connectivity index (χ1) is 7.09. The maximum absolute atomic E-state index is 10.9. The van der Waals surface area contributed by atoms with Crippen LogP contribution in [0.2, 0.25) is 0 Å². The second-order valence-electron chi connectivity index (χ2n) is 3.00. The first-order valence-corrected chi connectivity index (χ1v) is 4.42. The van der Waals surface area contributed by atoms with E-state index < -0.39 is 6.09 Å². The molecule has 0 aliphatic rings. The zero-order valence-corrected chi connectivity index (χ0v) is 8.28. The standard InChI is InChI=1S/C10H12N2O3/c1-7(13)12-9-5-3-2-4-8(9)6-11-10(14)15/h2-5,11H,6H2,1H3,(H,12,13)(H,14,15). The summed E-state index contributed by atoms with van der Waals surface area (Å²) in [6, 6.07) is 7.03. The molecule has 5 nitrogen and oxygen atoms in total. The SMILES string of the molecule is CC(=O)Nc1ccccc1CNC(=O)O. The summed E-state index contributed by atoms with van der Waals surface area (Å²) in [5.41, 5.74) is 1.36. The van der Waals surface area contributed by atoms with E-state index in [0.717, 1.165) is 5.56 Å². The Morgan fingerprint density at radius 1 is 1.33 bits per heavy atom. The van der Waals surface area contributed by atoms with Gasteiger partial charge < -0.3 is 15.7 Å². The molecule has 0 aromatic heterocycles. The lowest BCUT2D eigenvalue weighted by Gasteiger charge is -2.09. The van der Waals surface area contributed by atoms with E-state index >= 15 is 0 Å². The molecule has 0 fully saturated rings. The van der Waals surface area contributed by atoms with Crippen LogP contribution in [-0.4, -0.2) is 17.1 Å². The zero-order chi connectivity index (χ0) is 11.3. The summed E-state index contributed by atoms with van der Waals surface area (Å²) in [4.78, 5) is 21.2. The Balaban J connectivity index is 2.76. The lowest BCUT2D eigenvalue weighted by molar-refractivity contribution is -0.114. The fourth-order valence-corrected chi connectivity index (χ4v) is 1.16. The van der Waals surface area contributed by atoms with Gasteiger partial charge in [-0.3, -0.25) is 4.79 Å². The number of benzene rings is 1. The van der Waals surface area contributed by atoms with Gasteiger partial charge in [-0.2, -0.15) is 0 Å². The van der Waals surface area contributed by atoms with Gasteiger partial charge in [0.25, 0.3) is 0 Å². The number of hydrogen-bond acceptors (Lipinski definition) is 2. The highest BCUT2D eigenvalue weighted by atomic mass is 16.4. The third kappa shape index (κ3) is 3.68. The van der Waals surface area contributed by atoms with Gasteiger partial charge in [0.1, 0.15) is 0 Å². The van der Waals surface area contributed by atoms with Crippen LogP contribution in [0, 0.1) is 0 Å². The van der Waals surface area contributed by atoms with E-state index in [1.807, 2.05) is 0 Å². The number of hydrogen-bond donors (Lipinski definition) is 3. The van der Waals surface area contributed by atoms with Gasteiger partial charge in [0.05, 0.1) is 0 Å². The van der Waals surface area contributed by atoms with Crippen molar-refractivity contribution in [3.05, 3.63) is 29.8 Å². The van der Waals surface area contributed by atoms with Crippen molar-refractivity contribution in [2.75, 3.05) is 5.32 Å². The highest BCUT2D eigenvalue weighted by molar-refractivity contribution is 5.89. The van der Waals surface area contributed by atoms with Crippen molar-refractivity contribution in [2.45, 2.75) is 13.5 Å². The maximum Gasteiger partial charge on any atom is 0.404 e. The summed E-state index contributed by atoms with van der Waals surface area (Å²) in [5.74, 6) is -0.183. The normalized spacial score (nSPS) is 9.40. The summed E-state index contributed by atoms with van der Waals surface area (Å²) >= 11 is 0. The Morgan fingerprint density at radius 2 is 2.00 bits per heavy atom. The van der Waals surface area contributed by atoms with Crippen molar-refractivity contribution in [3.8, 4) is 0 Å². The van der Waals surface area contributed by atoms with Gasteiger partial charge in [-0.05, 0) is 11.6 Å². The molecule has 3 N–H and O–H groups in total. The number of carbonyl (C=O) groups excluding carboxylic acids is 1. The monoisotopic (exact) mass is 208 g/mol. The smallest absolute Gasteiger partial charge is 0.404 e. The summed E-state index contributed by atoms with van der Waals surface area (Å²) in [5, 5.41) is 13.3. The lowest BCUT2D eigenvalue weighted by atomic mass is 10.2. The Bertz CT molecular complexity index is 377. The van der Waals surface area contributed by atoms with Crippen LogP contribution in [0.1, 0.15) is 12.5 Å². The fourth-order valence-electron chi connectivity index (χ4n) is 1.16. The molecule has 0 aliphatic heterocycles. The Labute approximate surface area is 87.1 Å². The van der Waals surface area contributed by atoms with Gasteiger partial charge in [-0.25, -0.2) is 4.79 Å². The Morgan fingerprint density at radius 3 is 2.60 bits per heavy atom. The summed E-state index contributed by atoms with van der Waals surface area (Å²) < 4.78 is 0. The number of anilines is 1. The van der Waals surface area contributed by atoms with E-state index in [1.54, 1.807) is 24.3 Å². The van der Waals surface area contributed by atoms with Crippen LogP contribution in [0.5, 0.6) is 0 Å². The molecule has 0 saturated carbocycles. The molecule has 0 spiro atoms. The molecule has 1 rings (SSSR count). The fraction of sp³-hybridized carbons (Fsp3) is 0.200. The Hall–Kier alpha value is -2.04. The van der Waals surface area contributed by atoms with E-state index in [-0.39, 0.29) is 12.5 Å². The predicted octanol–water partition coefficient (Wildman–Crippen LogP) is 1.41. The minimum absolute atomic E-state index is 0.172. The number of rotatable bonds is 3. The van der Waals surface area contributed by atoms with Crippen LogP contribution in [0.3, 0.4) is 0 Å². The van der Waals surface area contributed by atoms with E-state index in [2.05, 4.69) is 10.6 Å². The van der Waals surface area contributed by atoms with Crippen LogP contribution < -0.4 is 10.6 Å². The Kier molecular flexibility index (Phi) is 3.68. The van der Waals surface area contributed by atoms with E-state index in [4.69, 9.17) is 5.11 Å². The molecular weight excluding hydrogens is 196 g/mol. The molecular formula is C10H12N2O3. The number of carbonyl (C=O) groups is 2. The van der Waals surface area contributed by atoms with Gasteiger partial charge in [0, 0.05) is 19.2 Å². The van der Waals surface area contributed by atoms with Crippen molar-refractivity contribution >= 4 is 17.7 Å². The molecule has 0 radical (unpaired) electrons. The molecule has 15 heavy (non-hydrogen) atoms. The minimum Gasteiger partial charge on any atom is -0.465 e. The molecule has 0 atom stereocenters. The number of carboxylic acid groups (broad SMARTS) is 1. The van der Waals surface area contributed by atoms with Crippen molar-refractivity contribution < 1.29 is 14.7 Å². The van der Waals surface area contributed by atoms with Gasteiger partial charge in [-0.15, -0.1) is 0 Å². The first-order valence-electron chi connectivity index (χ1n) is 4.42.